The van der Waals surface area contributed by atoms with Gasteiger partial charge in [0.15, 0.2) is 5.96 Å². The molecule has 1 aromatic rings. The van der Waals surface area contributed by atoms with E-state index in [0.717, 1.165) is 30.9 Å². The Morgan fingerprint density at radius 2 is 2.20 bits per heavy atom. The highest BCUT2D eigenvalue weighted by Crippen LogP contribution is 2.28. The zero-order chi connectivity index (χ0) is 17.4. The van der Waals surface area contributed by atoms with Gasteiger partial charge in [-0.25, -0.2) is 4.99 Å². The number of nitrogens with zero attached hydrogens (tertiary/aromatic N) is 1. The van der Waals surface area contributed by atoms with Gasteiger partial charge in [0, 0.05) is 17.8 Å². The number of ether oxygens (including phenoxy) is 1. The Balaban J connectivity index is 0.00000312. The van der Waals surface area contributed by atoms with Crippen LogP contribution in [0.3, 0.4) is 0 Å². The minimum absolute atomic E-state index is 0. The standard InChI is InChI=1S/C17H25F2N3OS.HI/c1-3-20-17(22-13-7-8-15(10-13)24-2)21-11-12-5-4-6-14(9-12)23-16(18)19;/h4-6,9,13,15-16H,3,7-8,10-11H2,1-2H3,(H2,20,21,22);1H. The summed E-state index contributed by atoms with van der Waals surface area (Å²) in [5.74, 6) is 0.929. The van der Waals surface area contributed by atoms with E-state index in [1.165, 1.54) is 12.5 Å². The second kappa shape index (κ2) is 11.8. The first-order valence-corrected chi connectivity index (χ1v) is 9.51. The lowest BCUT2D eigenvalue weighted by molar-refractivity contribution is -0.0498. The Hall–Kier alpha value is -0.770. The van der Waals surface area contributed by atoms with E-state index in [4.69, 9.17) is 0 Å². The third kappa shape index (κ3) is 7.98. The molecule has 0 heterocycles. The minimum atomic E-state index is -2.81. The zero-order valence-corrected chi connectivity index (χ0v) is 17.7. The van der Waals surface area contributed by atoms with Crippen LogP contribution < -0.4 is 15.4 Å². The molecule has 25 heavy (non-hydrogen) atoms. The highest BCUT2D eigenvalue weighted by molar-refractivity contribution is 14.0. The van der Waals surface area contributed by atoms with Gasteiger partial charge in [-0.15, -0.1) is 24.0 Å². The first-order valence-electron chi connectivity index (χ1n) is 8.22. The molecule has 0 saturated heterocycles. The molecule has 4 nitrogen and oxygen atoms in total. The van der Waals surface area contributed by atoms with Crippen molar-refractivity contribution >= 4 is 41.7 Å². The van der Waals surface area contributed by atoms with Crippen molar-refractivity contribution in [2.75, 3.05) is 12.8 Å². The van der Waals surface area contributed by atoms with E-state index in [0.29, 0.717) is 17.8 Å². The van der Waals surface area contributed by atoms with E-state index in [9.17, 15) is 8.78 Å². The molecule has 1 aliphatic carbocycles. The van der Waals surface area contributed by atoms with Gasteiger partial charge in [-0.1, -0.05) is 12.1 Å². The third-order valence-electron chi connectivity index (χ3n) is 3.95. The van der Waals surface area contributed by atoms with E-state index in [1.807, 2.05) is 24.8 Å². The monoisotopic (exact) mass is 485 g/mol. The van der Waals surface area contributed by atoms with Gasteiger partial charge in [0.2, 0.25) is 0 Å². The molecule has 0 spiro atoms. The predicted octanol–water partition coefficient (Wildman–Crippen LogP) is 4.25. The van der Waals surface area contributed by atoms with Crippen molar-refractivity contribution in [3.63, 3.8) is 0 Å². The van der Waals surface area contributed by atoms with Crippen LogP contribution in [-0.4, -0.2) is 36.7 Å². The Bertz CT molecular complexity index is 548. The Morgan fingerprint density at radius 1 is 1.40 bits per heavy atom. The van der Waals surface area contributed by atoms with Crippen LogP contribution in [0.5, 0.6) is 5.75 Å². The summed E-state index contributed by atoms with van der Waals surface area (Å²) in [6.45, 7) is 0.399. The summed E-state index contributed by atoms with van der Waals surface area (Å²) in [5, 5.41) is 7.43. The number of nitrogens with one attached hydrogen (secondary N) is 2. The molecule has 8 heteroatoms. The number of benzene rings is 1. The smallest absolute Gasteiger partial charge is 0.387 e. The number of halogens is 3. The Kier molecular flexibility index (Phi) is 10.5. The number of hydrogen-bond acceptors (Lipinski definition) is 3. The average Bonchev–Trinajstić information content (AvgIpc) is 3.00. The van der Waals surface area contributed by atoms with Crippen LogP contribution in [0, 0.1) is 0 Å². The topological polar surface area (TPSA) is 45.7 Å². The predicted molar refractivity (Wildman–Crippen MR) is 111 cm³/mol. The Labute approximate surface area is 169 Å². The number of alkyl halides is 2. The summed E-state index contributed by atoms with van der Waals surface area (Å²) in [7, 11) is 0. The van der Waals surface area contributed by atoms with Crippen molar-refractivity contribution < 1.29 is 13.5 Å². The molecule has 1 saturated carbocycles. The maximum Gasteiger partial charge on any atom is 0.387 e. The van der Waals surface area contributed by atoms with E-state index >= 15 is 0 Å². The summed E-state index contributed by atoms with van der Waals surface area (Å²) in [6.07, 6.45) is 5.67. The van der Waals surface area contributed by atoms with E-state index in [2.05, 4.69) is 26.6 Å². The van der Waals surface area contributed by atoms with E-state index in [-0.39, 0.29) is 29.7 Å². The molecule has 2 unspecified atom stereocenters. The molecule has 142 valence electrons. The van der Waals surface area contributed by atoms with Crippen LogP contribution in [-0.2, 0) is 6.54 Å². The number of rotatable bonds is 7. The largest absolute Gasteiger partial charge is 0.435 e. The van der Waals surface area contributed by atoms with Gasteiger partial charge in [0.25, 0.3) is 0 Å². The lowest BCUT2D eigenvalue weighted by atomic mass is 10.2. The summed E-state index contributed by atoms with van der Waals surface area (Å²) in [5.41, 5.74) is 0.832. The van der Waals surface area contributed by atoms with Crippen molar-refractivity contribution in [1.29, 1.82) is 0 Å². The molecular weight excluding hydrogens is 459 g/mol. The van der Waals surface area contributed by atoms with Crippen molar-refractivity contribution in [2.24, 2.45) is 4.99 Å². The lowest BCUT2D eigenvalue weighted by Gasteiger charge is -2.17. The highest BCUT2D eigenvalue weighted by Gasteiger charge is 2.24. The lowest BCUT2D eigenvalue weighted by Crippen LogP contribution is -2.42. The van der Waals surface area contributed by atoms with Crippen molar-refractivity contribution in [1.82, 2.24) is 10.6 Å². The highest BCUT2D eigenvalue weighted by atomic mass is 127. The van der Waals surface area contributed by atoms with E-state index < -0.39 is 6.61 Å². The molecule has 1 aliphatic rings. The average molecular weight is 485 g/mol. The summed E-state index contributed by atoms with van der Waals surface area (Å²) >= 11 is 1.92. The number of guanidine groups is 1. The van der Waals surface area contributed by atoms with Crippen LogP contribution in [0.4, 0.5) is 8.78 Å². The second-order valence-corrected chi connectivity index (χ2v) is 6.87. The van der Waals surface area contributed by atoms with Crippen molar-refractivity contribution in [3.8, 4) is 5.75 Å². The van der Waals surface area contributed by atoms with Gasteiger partial charge < -0.3 is 15.4 Å². The molecule has 1 fully saturated rings. The molecule has 2 rings (SSSR count). The van der Waals surface area contributed by atoms with Crippen molar-refractivity contribution in [2.45, 2.75) is 50.6 Å². The fourth-order valence-corrected chi connectivity index (χ4v) is 3.59. The molecule has 0 amide bonds. The first kappa shape index (κ1) is 22.3. The number of thioether (sulfide) groups is 1. The Morgan fingerprint density at radius 3 is 2.84 bits per heavy atom. The second-order valence-electron chi connectivity index (χ2n) is 5.73. The number of hydrogen-bond donors (Lipinski definition) is 2. The van der Waals surface area contributed by atoms with Gasteiger partial charge in [-0.05, 0) is 50.1 Å². The van der Waals surface area contributed by atoms with Gasteiger partial charge >= 0.3 is 6.61 Å². The summed E-state index contributed by atoms with van der Waals surface area (Å²) in [4.78, 5) is 4.56. The van der Waals surface area contributed by atoms with Gasteiger partial charge in [-0.2, -0.15) is 20.5 Å². The van der Waals surface area contributed by atoms with E-state index in [1.54, 1.807) is 12.1 Å². The quantitative estimate of drug-likeness (QED) is 0.345. The summed E-state index contributed by atoms with van der Waals surface area (Å²) in [6, 6.07) is 7.10. The first-order chi connectivity index (χ1) is 11.6. The minimum Gasteiger partial charge on any atom is -0.435 e. The molecule has 2 N–H and O–H groups in total. The summed E-state index contributed by atoms with van der Waals surface area (Å²) < 4.78 is 29.0. The normalized spacial score (nSPS) is 20.3. The number of aliphatic imine (C=N–C) groups is 1. The van der Waals surface area contributed by atoms with Crippen LogP contribution in [0.15, 0.2) is 29.3 Å². The zero-order valence-electron chi connectivity index (χ0n) is 14.5. The fourth-order valence-electron chi connectivity index (χ4n) is 2.79. The van der Waals surface area contributed by atoms with Crippen LogP contribution >= 0.6 is 35.7 Å². The molecule has 0 bridgehead atoms. The fraction of sp³-hybridized carbons (Fsp3) is 0.588. The molecule has 1 aromatic carbocycles. The van der Waals surface area contributed by atoms with Gasteiger partial charge in [0.05, 0.1) is 6.54 Å². The third-order valence-corrected chi connectivity index (χ3v) is 5.04. The van der Waals surface area contributed by atoms with Crippen LogP contribution in [0.25, 0.3) is 0 Å². The van der Waals surface area contributed by atoms with Crippen molar-refractivity contribution in [3.05, 3.63) is 29.8 Å². The molecule has 0 radical (unpaired) electrons. The maximum atomic E-state index is 12.3. The molecule has 2 atom stereocenters. The molecule has 0 aliphatic heterocycles. The van der Waals surface area contributed by atoms with Crippen LogP contribution in [0.1, 0.15) is 31.7 Å². The molecule has 0 aromatic heterocycles. The maximum absolute atomic E-state index is 12.3. The molecular formula is C17H26F2IN3OS. The SMILES string of the molecule is CCNC(=NCc1cccc(OC(F)F)c1)NC1CCC(SC)C1.I. The van der Waals surface area contributed by atoms with Gasteiger partial charge in [0.1, 0.15) is 5.75 Å². The van der Waals surface area contributed by atoms with Gasteiger partial charge in [-0.3, -0.25) is 0 Å². The van der Waals surface area contributed by atoms with Crippen LogP contribution in [0.2, 0.25) is 0 Å².